The fourth-order valence-electron chi connectivity index (χ4n) is 2.87. The lowest BCUT2D eigenvalue weighted by Gasteiger charge is -2.16. The Bertz CT molecular complexity index is 957. The van der Waals surface area contributed by atoms with Crippen LogP contribution in [0.15, 0.2) is 24.5 Å². The van der Waals surface area contributed by atoms with Crippen molar-refractivity contribution in [2.24, 2.45) is 0 Å². The van der Waals surface area contributed by atoms with Crippen molar-refractivity contribution in [1.29, 1.82) is 0 Å². The summed E-state index contributed by atoms with van der Waals surface area (Å²) in [4.78, 5) is 27.9. The summed E-state index contributed by atoms with van der Waals surface area (Å²) in [6.07, 6.45) is 3.50. The van der Waals surface area contributed by atoms with Gasteiger partial charge in [0.2, 0.25) is 0 Å². The lowest BCUT2D eigenvalue weighted by atomic mass is 9.95. The molecule has 0 aliphatic heterocycles. The Kier molecular flexibility index (Phi) is 4.80. The molecule has 1 unspecified atom stereocenters. The normalized spacial score (nSPS) is 13.0. The van der Waals surface area contributed by atoms with Crippen LogP contribution >= 0.6 is 11.3 Å². The fraction of sp³-hybridized carbons (Fsp3) is 0.400. The van der Waals surface area contributed by atoms with Crippen LogP contribution in [0.2, 0.25) is 0 Å². The van der Waals surface area contributed by atoms with Gasteiger partial charge in [0, 0.05) is 23.2 Å². The minimum absolute atomic E-state index is 0.0847. The standard InChI is InChI=1S/C20H24N4OS/c1-11-15-13(3)23-19(20(4,5)6)24-18(15)26-16(11)17(25)22-12(2)14-8-7-9-21-10-14/h7-10,12H,1-6H3,(H,22,25). The van der Waals surface area contributed by atoms with Gasteiger partial charge in [0.1, 0.15) is 10.7 Å². The quantitative estimate of drug-likeness (QED) is 0.739. The lowest BCUT2D eigenvalue weighted by molar-refractivity contribution is 0.0943. The Hall–Kier alpha value is -2.34. The van der Waals surface area contributed by atoms with Crippen LogP contribution in [0.3, 0.4) is 0 Å². The van der Waals surface area contributed by atoms with Crippen molar-refractivity contribution in [3.8, 4) is 0 Å². The van der Waals surface area contributed by atoms with Gasteiger partial charge in [-0.1, -0.05) is 26.8 Å². The minimum Gasteiger partial charge on any atom is -0.345 e. The van der Waals surface area contributed by atoms with Gasteiger partial charge in [0.05, 0.1) is 16.6 Å². The van der Waals surface area contributed by atoms with Gasteiger partial charge in [-0.2, -0.15) is 0 Å². The average molecular weight is 369 g/mol. The van der Waals surface area contributed by atoms with Crippen LogP contribution in [0.1, 0.15) is 66.1 Å². The molecule has 0 radical (unpaired) electrons. The maximum Gasteiger partial charge on any atom is 0.262 e. The third-order valence-corrected chi connectivity index (χ3v) is 5.56. The molecule has 3 rings (SSSR count). The Morgan fingerprint density at radius 2 is 1.96 bits per heavy atom. The van der Waals surface area contributed by atoms with Crippen molar-refractivity contribution in [2.45, 2.75) is 53.0 Å². The van der Waals surface area contributed by atoms with Crippen molar-refractivity contribution >= 4 is 27.5 Å². The topological polar surface area (TPSA) is 67.8 Å². The lowest BCUT2D eigenvalue weighted by Crippen LogP contribution is -2.26. The van der Waals surface area contributed by atoms with Gasteiger partial charge < -0.3 is 5.32 Å². The molecular formula is C20H24N4OS. The number of thiophene rings is 1. The van der Waals surface area contributed by atoms with E-state index in [-0.39, 0.29) is 17.4 Å². The summed E-state index contributed by atoms with van der Waals surface area (Å²) in [6.45, 7) is 12.2. The first kappa shape index (κ1) is 18.5. The van der Waals surface area contributed by atoms with E-state index in [0.717, 1.165) is 32.9 Å². The number of nitrogens with one attached hydrogen (secondary N) is 1. The van der Waals surface area contributed by atoms with Crippen LogP contribution < -0.4 is 5.32 Å². The fourth-order valence-corrected chi connectivity index (χ4v) is 4.00. The minimum atomic E-state index is -0.131. The molecule has 0 fully saturated rings. The second-order valence-corrected chi connectivity index (χ2v) is 8.60. The number of pyridine rings is 1. The molecule has 0 aliphatic carbocycles. The molecule has 6 heteroatoms. The zero-order valence-corrected chi connectivity index (χ0v) is 16.9. The van der Waals surface area contributed by atoms with Gasteiger partial charge in [-0.05, 0) is 38.0 Å². The van der Waals surface area contributed by atoms with Crippen molar-refractivity contribution in [3.05, 3.63) is 52.0 Å². The number of amides is 1. The van der Waals surface area contributed by atoms with Crippen LogP contribution in [0, 0.1) is 13.8 Å². The zero-order chi connectivity index (χ0) is 19.1. The molecule has 0 aromatic carbocycles. The first-order valence-corrected chi connectivity index (χ1v) is 9.49. The molecule has 1 amide bonds. The number of aromatic nitrogens is 3. The second kappa shape index (κ2) is 6.76. The maximum absolute atomic E-state index is 12.8. The Balaban J connectivity index is 1.96. The molecule has 0 saturated carbocycles. The zero-order valence-electron chi connectivity index (χ0n) is 16.0. The Labute approximate surface area is 157 Å². The molecule has 26 heavy (non-hydrogen) atoms. The number of aryl methyl sites for hydroxylation is 2. The first-order valence-electron chi connectivity index (χ1n) is 8.67. The van der Waals surface area contributed by atoms with Crippen LogP contribution in [0.4, 0.5) is 0 Å². The number of nitrogens with zero attached hydrogens (tertiary/aromatic N) is 3. The van der Waals surface area contributed by atoms with E-state index in [1.165, 1.54) is 11.3 Å². The first-order chi connectivity index (χ1) is 12.2. The third kappa shape index (κ3) is 3.46. The molecule has 136 valence electrons. The van der Waals surface area contributed by atoms with Crippen molar-refractivity contribution in [2.75, 3.05) is 0 Å². The van der Waals surface area contributed by atoms with E-state index in [0.29, 0.717) is 4.88 Å². The predicted molar refractivity (Wildman–Crippen MR) is 106 cm³/mol. The van der Waals surface area contributed by atoms with Crippen molar-refractivity contribution in [1.82, 2.24) is 20.3 Å². The molecule has 0 saturated heterocycles. The molecule has 0 aliphatic rings. The van der Waals surface area contributed by atoms with Crippen molar-refractivity contribution < 1.29 is 4.79 Å². The highest BCUT2D eigenvalue weighted by atomic mass is 32.1. The van der Waals surface area contributed by atoms with Gasteiger partial charge >= 0.3 is 0 Å². The summed E-state index contributed by atoms with van der Waals surface area (Å²) in [5, 5.41) is 4.05. The van der Waals surface area contributed by atoms with Crippen LogP contribution in [-0.2, 0) is 5.41 Å². The summed E-state index contributed by atoms with van der Waals surface area (Å²) >= 11 is 1.43. The van der Waals surface area contributed by atoms with E-state index in [4.69, 9.17) is 4.98 Å². The number of hydrogen-bond donors (Lipinski definition) is 1. The summed E-state index contributed by atoms with van der Waals surface area (Å²) in [5.74, 6) is 0.720. The van der Waals surface area contributed by atoms with E-state index in [9.17, 15) is 4.79 Å². The van der Waals surface area contributed by atoms with Crippen LogP contribution in [0.5, 0.6) is 0 Å². The highest BCUT2D eigenvalue weighted by Gasteiger charge is 2.24. The highest BCUT2D eigenvalue weighted by Crippen LogP contribution is 2.33. The predicted octanol–water partition coefficient (Wildman–Crippen LogP) is 4.49. The summed E-state index contributed by atoms with van der Waals surface area (Å²) in [7, 11) is 0. The third-order valence-electron chi connectivity index (χ3n) is 4.38. The summed E-state index contributed by atoms with van der Waals surface area (Å²) in [6, 6.07) is 3.72. The monoisotopic (exact) mass is 368 g/mol. The van der Waals surface area contributed by atoms with Gasteiger partial charge in [0.15, 0.2) is 0 Å². The molecule has 3 aromatic rings. The Morgan fingerprint density at radius 1 is 1.23 bits per heavy atom. The average Bonchev–Trinajstić information content (AvgIpc) is 2.92. The number of rotatable bonds is 3. The SMILES string of the molecule is Cc1nc(C(C)(C)C)nc2sc(C(=O)NC(C)c3cccnc3)c(C)c12. The van der Waals surface area contributed by atoms with Gasteiger partial charge in [-0.15, -0.1) is 11.3 Å². The van der Waals surface area contributed by atoms with Crippen molar-refractivity contribution in [3.63, 3.8) is 0 Å². The number of fused-ring (bicyclic) bond motifs is 1. The Morgan fingerprint density at radius 3 is 2.58 bits per heavy atom. The van der Waals surface area contributed by atoms with E-state index in [1.807, 2.05) is 32.9 Å². The molecule has 0 bridgehead atoms. The van der Waals surface area contributed by atoms with E-state index in [2.05, 4.69) is 36.1 Å². The van der Waals surface area contributed by atoms with E-state index >= 15 is 0 Å². The van der Waals surface area contributed by atoms with Gasteiger partial charge in [-0.25, -0.2) is 9.97 Å². The molecule has 5 nitrogen and oxygen atoms in total. The summed E-state index contributed by atoms with van der Waals surface area (Å²) < 4.78 is 0. The van der Waals surface area contributed by atoms with E-state index in [1.54, 1.807) is 12.4 Å². The second-order valence-electron chi connectivity index (χ2n) is 7.60. The number of hydrogen-bond acceptors (Lipinski definition) is 5. The number of carbonyl (C=O) groups excluding carboxylic acids is 1. The van der Waals surface area contributed by atoms with Crippen LogP contribution in [0.25, 0.3) is 10.2 Å². The summed E-state index contributed by atoms with van der Waals surface area (Å²) in [5.41, 5.74) is 2.71. The largest absolute Gasteiger partial charge is 0.345 e. The highest BCUT2D eigenvalue weighted by molar-refractivity contribution is 7.20. The van der Waals surface area contributed by atoms with Gasteiger partial charge in [0.25, 0.3) is 5.91 Å². The molecule has 1 N–H and O–H groups in total. The molecular weight excluding hydrogens is 344 g/mol. The number of carbonyl (C=O) groups is 1. The van der Waals surface area contributed by atoms with E-state index < -0.39 is 0 Å². The molecule has 0 spiro atoms. The smallest absolute Gasteiger partial charge is 0.262 e. The van der Waals surface area contributed by atoms with Gasteiger partial charge in [-0.3, -0.25) is 9.78 Å². The molecule has 1 atom stereocenters. The molecule has 3 heterocycles. The maximum atomic E-state index is 12.8. The molecule has 3 aromatic heterocycles. The van der Waals surface area contributed by atoms with Crippen LogP contribution in [-0.4, -0.2) is 20.9 Å².